The number of hydrogen-bond donors (Lipinski definition) is 2. The van der Waals surface area contributed by atoms with Crippen LogP contribution in [0.5, 0.6) is 0 Å². The first kappa shape index (κ1) is 19.9. The minimum Gasteiger partial charge on any atom is -0.444 e. The number of nitrogens with one attached hydrogen (secondary N) is 1. The van der Waals surface area contributed by atoms with Gasteiger partial charge in [0, 0.05) is 4.47 Å². The number of rotatable bonds is 5. The molecule has 0 aliphatic carbocycles. The van der Waals surface area contributed by atoms with Crippen molar-refractivity contribution >= 4 is 32.1 Å². The zero-order valence-corrected chi connectivity index (χ0v) is 15.4. The van der Waals surface area contributed by atoms with Crippen LogP contribution in [-0.4, -0.2) is 30.4 Å². The highest BCUT2D eigenvalue weighted by Gasteiger charge is 2.22. The fourth-order valence-electron chi connectivity index (χ4n) is 1.82. The van der Waals surface area contributed by atoms with Crippen molar-refractivity contribution in [3.63, 3.8) is 0 Å². The Bertz CT molecular complexity index is 652. The third-order valence-electron chi connectivity index (χ3n) is 2.64. The molecule has 0 aromatic heterocycles. The first-order chi connectivity index (χ1) is 10.4. The number of carbonyl (C=O) groups excluding carboxylic acids is 1. The molecular weight excluding hydrogens is 393 g/mol. The number of ether oxygens (including phenoxy) is 1. The smallest absolute Gasteiger partial charge is 0.408 e. The number of benzene rings is 1. The van der Waals surface area contributed by atoms with Crippen molar-refractivity contribution in [1.82, 2.24) is 5.32 Å². The highest BCUT2D eigenvalue weighted by molar-refractivity contribution is 9.10. The summed E-state index contributed by atoms with van der Waals surface area (Å²) < 4.78 is 49.9. The Morgan fingerprint density at radius 2 is 2.00 bits per heavy atom. The number of halogens is 2. The average Bonchev–Trinajstić information content (AvgIpc) is 2.29. The minimum atomic E-state index is -4.22. The van der Waals surface area contributed by atoms with E-state index in [-0.39, 0.29) is 6.42 Å². The fourth-order valence-corrected chi connectivity index (χ4v) is 2.83. The molecule has 9 heteroatoms. The highest BCUT2D eigenvalue weighted by Crippen LogP contribution is 2.24. The third kappa shape index (κ3) is 8.29. The van der Waals surface area contributed by atoms with Crippen LogP contribution in [0.1, 0.15) is 38.8 Å². The van der Waals surface area contributed by atoms with Gasteiger partial charge in [0.15, 0.2) is 0 Å². The van der Waals surface area contributed by atoms with Crippen LogP contribution in [0.25, 0.3) is 0 Å². The van der Waals surface area contributed by atoms with Crippen LogP contribution in [0, 0.1) is 5.82 Å². The van der Waals surface area contributed by atoms with Crippen LogP contribution < -0.4 is 5.32 Å². The van der Waals surface area contributed by atoms with E-state index < -0.39 is 39.4 Å². The molecule has 0 spiro atoms. The Hall–Kier alpha value is -1.19. The molecule has 0 fully saturated rings. The molecule has 23 heavy (non-hydrogen) atoms. The van der Waals surface area contributed by atoms with Crippen LogP contribution in [0.3, 0.4) is 0 Å². The normalized spacial score (nSPS) is 13.5. The summed E-state index contributed by atoms with van der Waals surface area (Å²) in [4.78, 5) is 11.9. The number of alkyl carbamates (subject to hydrolysis) is 1. The lowest BCUT2D eigenvalue weighted by molar-refractivity contribution is 0.0502. The Labute approximate surface area is 143 Å². The number of amides is 1. The van der Waals surface area contributed by atoms with Gasteiger partial charge in [-0.25, -0.2) is 9.18 Å². The second kappa shape index (κ2) is 7.59. The van der Waals surface area contributed by atoms with Crippen LogP contribution in [-0.2, 0) is 14.9 Å². The Balaban J connectivity index is 2.99. The van der Waals surface area contributed by atoms with Crippen LogP contribution in [0.4, 0.5) is 9.18 Å². The van der Waals surface area contributed by atoms with E-state index in [0.717, 1.165) is 0 Å². The molecule has 1 aromatic rings. The molecular formula is C14H19BrFNO5S. The maximum atomic E-state index is 13.5. The SMILES string of the molecule is CC(C)(C)OC(=O)N[C@@H](CCS(=O)(=O)O)c1cc(F)cc(Br)c1. The van der Waals surface area contributed by atoms with Crippen molar-refractivity contribution in [3.8, 4) is 0 Å². The Morgan fingerprint density at radius 1 is 1.39 bits per heavy atom. The second-order valence-electron chi connectivity index (χ2n) is 5.98. The van der Waals surface area contributed by atoms with Gasteiger partial charge in [-0.3, -0.25) is 4.55 Å². The van der Waals surface area contributed by atoms with E-state index in [4.69, 9.17) is 9.29 Å². The van der Waals surface area contributed by atoms with Gasteiger partial charge in [0.2, 0.25) is 0 Å². The average molecular weight is 412 g/mol. The largest absolute Gasteiger partial charge is 0.444 e. The molecule has 2 N–H and O–H groups in total. The predicted octanol–water partition coefficient (Wildman–Crippen LogP) is 3.43. The summed E-state index contributed by atoms with van der Waals surface area (Å²) in [6, 6.07) is 3.13. The molecule has 130 valence electrons. The standard InChI is InChI=1S/C14H19BrFNO5S/c1-14(2,3)22-13(18)17-12(4-5-23(19,20)21)9-6-10(15)8-11(16)7-9/h6-8,12H,4-5H2,1-3H3,(H,17,18)(H,19,20,21)/t12-/m0/s1. The van der Waals surface area contributed by atoms with Gasteiger partial charge in [-0.15, -0.1) is 0 Å². The molecule has 0 heterocycles. The first-order valence-corrected chi connectivity index (χ1v) is 9.16. The predicted molar refractivity (Wildman–Crippen MR) is 87.2 cm³/mol. The van der Waals surface area contributed by atoms with Crippen LogP contribution in [0.15, 0.2) is 22.7 Å². The van der Waals surface area contributed by atoms with Crippen LogP contribution >= 0.6 is 15.9 Å². The lowest BCUT2D eigenvalue weighted by Gasteiger charge is -2.24. The van der Waals surface area contributed by atoms with Gasteiger partial charge in [0.25, 0.3) is 10.1 Å². The topological polar surface area (TPSA) is 92.7 Å². The fraction of sp³-hybridized carbons (Fsp3) is 0.500. The van der Waals surface area contributed by atoms with Crippen molar-refractivity contribution in [2.75, 3.05) is 5.75 Å². The third-order valence-corrected chi connectivity index (χ3v) is 3.85. The van der Waals surface area contributed by atoms with Gasteiger partial charge < -0.3 is 10.1 Å². The molecule has 1 amide bonds. The van der Waals surface area contributed by atoms with Crippen molar-refractivity contribution in [1.29, 1.82) is 0 Å². The van der Waals surface area contributed by atoms with Gasteiger partial charge in [0.1, 0.15) is 11.4 Å². The van der Waals surface area contributed by atoms with E-state index in [1.807, 2.05) is 0 Å². The molecule has 1 atom stereocenters. The molecule has 1 aromatic carbocycles. The molecule has 0 aliphatic rings. The molecule has 0 saturated carbocycles. The lowest BCUT2D eigenvalue weighted by Crippen LogP contribution is -2.35. The van der Waals surface area contributed by atoms with E-state index in [1.54, 1.807) is 26.8 Å². The van der Waals surface area contributed by atoms with E-state index in [2.05, 4.69) is 21.2 Å². The maximum absolute atomic E-state index is 13.5. The van der Waals surface area contributed by atoms with E-state index in [1.165, 1.54) is 12.1 Å². The van der Waals surface area contributed by atoms with E-state index in [0.29, 0.717) is 10.0 Å². The maximum Gasteiger partial charge on any atom is 0.408 e. The highest BCUT2D eigenvalue weighted by atomic mass is 79.9. The van der Waals surface area contributed by atoms with Crippen molar-refractivity contribution < 1.29 is 26.9 Å². The summed E-state index contributed by atoms with van der Waals surface area (Å²) >= 11 is 3.14. The van der Waals surface area contributed by atoms with E-state index in [9.17, 15) is 17.6 Å². The number of hydrogen-bond acceptors (Lipinski definition) is 4. The van der Waals surface area contributed by atoms with Gasteiger partial charge >= 0.3 is 6.09 Å². The molecule has 6 nitrogen and oxygen atoms in total. The van der Waals surface area contributed by atoms with Gasteiger partial charge in [-0.1, -0.05) is 15.9 Å². The molecule has 0 aliphatic heterocycles. The summed E-state index contributed by atoms with van der Waals surface area (Å²) in [6.07, 6.45) is -0.897. The summed E-state index contributed by atoms with van der Waals surface area (Å²) in [5.74, 6) is -1.13. The van der Waals surface area contributed by atoms with Crippen LogP contribution in [0.2, 0.25) is 0 Å². The van der Waals surface area contributed by atoms with Gasteiger partial charge in [-0.2, -0.15) is 8.42 Å². The summed E-state index contributed by atoms with van der Waals surface area (Å²) in [5, 5.41) is 2.49. The summed E-state index contributed by atoms with van der Waals surface area (Å²) in [6.45, 7) is 5.04. The van der Waals surface area contributed by atoms with Crippen molar-refractivity contribution in [2.45, 2.75) is 38.8 Å². The molecule has 0 bridgehead atoms. The molecule has 0 radical (unpaired) electrons. The first-order valence-electron chi connectivity index (χ1n) is 6.76. The van der Waals surface area contributed by atoms with Gasteiger partial charge in [-0.05, 0) is 51.0 Å². The quantitative estimate of drug-likeness (QED) is 0.723. The molecule has 0 saturated heterocycles. The zero-order valence-electron chi connectivity index (χ0n) is 13.0. The Kier molecular flexibility index (Phi) is 6.55. The lowest BCUT2D eigenvalue weighted by atomic mass is 10.0. The number of carbonyl (C=O) groups is 1. The minimum absolute atomic E-state index is 0.131. The molecule has 1 rings (SSSR count). The zero-order chi connectivity index (χ0) is 17.8. The Morgan fingerprint density at radius 3 is 2.48 bits per heavy atom. The van der Waals surface area contributed by atoms with E-state index >= 15 is 0 Å². The second-order valence-corrected chi connectivity index (χ2v) is 8.46. The van der Waals surface area contributed by atoms with Crippen molar-refractivity contribution in [3.05, 3.63) is 34.1 Å². The summed E-state index contributed by atoms with van der Waals surface area (Å²) in [5.41, 5.74) is -0.383. The monoisotopic (exact) mass is 411 g/mol. The van der Waals surface area contributed by atoms with Crippen molar-refractivity contribution in [2.24, 2.45) is 0 Å². The summed E-state index contributed by atoms with van der Waals surface area (Å²) in [7, 11) is -4.22. The van der Waals surface area contributed by atoms with Gasteiger partial charge in [0.05, 0.1) is 11.8 Å². The molecule has 0 unspecified atom stereocenters.